The Hall–Kier alpha value is -2.29. The maximum atomic E-state index is 12.3. The summed E-state index contributed by atoms with van der Waals surface area (Å²) in [5.74, 6) is -0.168. The lowest BCUT2D eigenvalue weighted by Gasteiger charge is -2.25. The Morgan fingerprint density at radius 2 is 2.00 bits per heavy atom. The molecular weight excluding hydrogens is 334 g/mol. The number of nitrogens with zero attached hydrogens (tertiary/aromatic N) is 3. The van der Waals surface area contributed by atoms with Crippen LogP contribution < -0.4 is 0 Å². The molecule has 0 bridgehead atoms. The van der Waals surface area contributed by atoms with E-state index in [0.29, 0.717) is 18.5 Å². The molecule has 2 rings (SSSR count). The number of carbonyl (C=O) groups is 2. The average Bonchev–Trinajstić information content (AvgIpc) is 2.94. The third kappa shape index (κ3) is 4.16. The van der Waals surface area contributed by atoms with Crippen molar-refractivity contribution in [2.75, 3.05) is 20.6 Å². The summed E-state index contributed by atoms with van der Waals surface area (Å²) >= 11 is 4.35. The van der Waals surface area contributed by atoms with E-state index in [9.17, 15) is 19.7 Å². The summed E-state index contributed by atoms with van der Waals surface area (Å²) in [5, 5.41) is 10.5. The van der Waals surface area contributed by atoms with Gasteiger partial charge >= 0.3 is 6.09 Å². The first-order valence-corrected chi connectivity index (χ1v) is 7.87. The van der Waals surface area contributed by atoms with Crippen LogP contribution in [0.2, 0.25) is 0 Å². The smallest absolute Gasteiger partial charge is 0.410 e. The fraction of sp³-hybridized carbons (Fsp3) is 0.467. The summed E-state index contributed by atoms with van der Waals surface area (Å²) in [6, 6.07) is 5.17. The summed E-state index contributed by atoms with van der Waals surface area (Å²) in [6.45, 7) is 0.319. The normalized spacial score (nSPS) is 19.9. The Labute approximate surface area is 144 Å². The zero-order valence-corrected chi connectivity index (χ0v) is 14.3. The molecule has 1 saturated heterocycles. The van der Waals surface area contributed by atoms with E-state index in [4.69, 9.17) is 4.74 Å². The maximum Gasteiger partial charge on any atom is 0.410 e. The van der Waals surface area contributed by atoms with Crippen molar-refractivity contribution >= 4 is 30.3 Å². The van der Waals surface area contributed by atoms with E-state index >= 15 is 0 Å². The summed E-state index contributed by atoms with van der Waals surface area (Å²) in [4.78, 5) is 37.4. The molecule has 8 nitrogen and oxygen atoms in total. The fourth-order valence-corrected chi connectivity index (χ4v) is 2.87. The van der Waals surface area contributed by atoms with Gasteiger partial charge in [-0.2, -0.15) is 12.6 Å². The van der Waals surface area contributed by atoms with Crippen molar-refractivity contribution in [3.8, 4) is 0 Å². The molecule has 0 aromatic heterocycles. The second-order valence-corrected chi connectivity index (χ2v) is 6.50. The molecule has 24 heavy (non-hydrogen) atoms. The van der Waals surface area contributed by atoms with Crippen LogP contribution in [0.4, 0.5) is 10.5 Å². The molecule has 2 amide bonds. The summed E-state index contributed by atoms with van der Waals surface area (Å²) in [6.07, 6.45) is -0.114. The van der Waals surface area contributed by atoms with Gasteiger partial charge in [0.1, 0.15) is 12.6 Å². The van der Waals surface area contributed by atoms with Gasteiger partial charge in [-0.15, -0.1) is 0 Å². The quantitative estimate of drug-likeness (QED) is 0.505. The fourth-order valence-electron chi connectivity index (χ4n) is 2.49. The van der Waals surface area contributed by atoms with Gasteiger partial charge in [0.05, 0.1) is 4.92 Å². The lowest BCUT2D eigenvalue weighted by molar-refractivity contribution is -0.384. The topological polar surface area (TPSA) is 93.0 Å². The Kier molecular flexibility index (Phi) is 5.66. The number of hydrogen-bond acceptors (Lipinski definition) is 6. The second kappa shape index (κ2) is 7.52. The van der Waals surface area contributed by atoms with E-state index in [0.717, 1.165) is 0 Å². The molecule has 0 N–H and O–H groups in total. The first-order chi connectivity index (χ1) is 11.3. The number of carbonyl (C=O) groups excluding carboxylic acids is 2. The molecule has 1 aliphatic heterocycles. The number of hydrogen-bond donors (Lipinski definition) is 1. The van der Waals surface area contributed by atoms with E-state index in [1.165, 1.54) is 34.1 Å². The van der Waals surface area contributed by atoms with Gasteiger partial charge in [-0.25, -0.2) is 4.79 Å². The van der Waals surface area contributed by atoms with Gasteiger partial charge in [-0.3, -0.25) is 19.8 Å². The van der Waals surface area contributed by atoms with Crippen molar-refractivity contribution in [2.45, 2.75) is 24.3 Å². The molecule has 0 radical (unpaired) electrons. The number of non-ortho nitro benzene ring substituents is 1. The highest BCUT2D eigenvalue weighted by atomic mass is 32.1. The highest BCUT2D eigenvalue weighted by molar-refractivity contribution is 7.81. The van der Waals surface area contributed by atoms with Gasteiger partial charge in [0.15, 0.2) is 0 Å². The second-order valence-electron chi connectivity index (χ2n) is 5.77. The van der Waals surface area contributed by atoms with E-state index in [1.54, 1.807) is 14.1 Å². The third-order valence-corrected chi connectivity index (χ3v) is 4.12. The minimum absolute atomic E-state index is 0.0204. The van der Waals surface area contributed by atoms with Crippen LogP contribution in [-0.2, 0) is 16.1 Å². The molecule has 0 aliphatic carbocycles. The van der Waals surface area contributed by atoms with Crippen LogP contribution >= 0.6 is 12.6 Å². The SMILES string of the molecule is CN(C)C(=O)[C@H]1C[C@H](S)CN1C(=O)OCc1ccc([N+](=O)[O-])cc1. The largest absolute Gasteiger partial charge is 0.445 e. The van der Waals surface area contributed by atoms with Gasteiger partial charge in [0.2, 0.25) is 5.91 Å². The van der Waals surface area contributed by atoms with Gasteiger partial charge in [0.25, 0.3) is 5.69 Å². The molecule has 1 aliphatic rings. The van der Waals surface area contributed by atoms with Crippen LogP contribution in [0.1, 0.15) is 12.0 Å². The van der Waals surface area contributed by atoms with Gasteiger partial charge in [-0.05, 0) is 24.1 Å². The summed E-state index contributed by atoms with van der Waals surface area (Å²) < 4.78 is 5.23. The number of nitro benzene ring substituents is 1. The van der Waals surface area contributed by atoms with E-state index in [1.807, 2.05) is 0 Å². The molecule has 9 heteroatoms. The standard InChI is InChI=1S/C15H19N3O5S/c1-16(2)14(19)13-7-12(24)8-17(13)15(20)23-9-10-3-5-11(6-4-10)18(21)22/h3-6,12-13,24H,7-9H2,1-2H3/t12-,13+/m0/s1. The predicted molar refractivity (Wildman–Crippen MR) is 89.9 cm³/mol. The minimum Gasteiger partial charge on any atom is -0.445 e. The Morgan fingerprint density at radius 1 is 1.38 bits per heavy atom. The van der Waals surface area contributed by atoms with Crippen LogP contribution in [0.25, 0.3) is 0 Å². The summed E-state index contributed by atoms with van der Waals surface area (Å²) in [5.41, 5.74) is 0.602. The van der Waals surface area contributed by atoms with E-state index < -0.39 is 17.1 Å². The van der Waals surface area contributed by atoms with Crippen molar-refractivity contribution in [1.29, 1.82) is 0 Å². The number of thiol groups is 1. The third-order valence-electron chi connectivity index (χ3n) is 3.75. The van der Waals surface area contributed by atoms with Crippen molar-refractivity contribution in [1.82, 2.24) is 9.80 Å². The lowest BCUT2D eigenvalue weighted by atomic mass is 10.2. The van der Waals surface area contributed by atoms with E-state index in [-0.39, 0.29) is 23.5 Å². The number of likely N-dealkylation sites (tertiary alicyclic amines) is 1. The molecule has 1 aromatic rings. The van der Waals surface area contributed by atoms with Crippen LogP contribution in [0.15, 0.2) is 24.3 Å². The number of amides is 2. The molecule has 1 fully saturated rings. The van der Waals surface area contributed by atoms with Crippen LogP contribution in [0.5, 0.6) is 0 Å². The molecule has 0 unspecified atom stereocenters. The Balaban J connectivity index is 1.98. The number of rotatable bonds is 4. The molecule has 130 valence electrons. The number of nitro groups is 1. The van der Waals surface area contributed by atoms with Crippen molar-refractivity contribution < 1.29 is 19.2 Å². The van der Waals surface area contributed by atoms with Crippen LogP contribution in [-0.4, -0.2) is 58.7 Å². The van der Waals surface area contributed by atoms with Crippen molar-refractivity contribution in [2.24, 2.45) is 0 Å². The van der Waals surface area contributed by atoms with Crippen molar-refractivity contribution in [3.05, 3.63) is 39.9 Å². The van der Waals surface area contributed by atoms with Gasteiger partial charge < -0.3 is 9.64 Å². The van der Waals surface area contributed by atoms with Gasteiger partial charge in [-0.1, -0.05) is 0 Å². The predicted octanol–water partition coefficient (Wildman–Crippen LogP) is 1.69. The molecular formula is C15H19N3O5S. The maximum absolute atomic E-state index is 12.3. The van der Waals surface area contributed by atoms with Crippen molar-refractivity contribution in [3.63, 3.8) is 0 Å². The molecule has 1 aromatic carbocycles. The first kappa shape index (κ1) is 18.1. The van der Waals surface area contributed by atoms with E-state index in [2.05, 4.69) is 12.6 Å². The molecule has 2 atom stereocenters. The minimum atomic E-state index is -0.592. The zero-order valence-electron chi connectivity index (χ0n) is 13.4. The lowest BCUT2D eigenvalue weighted by Crippen LogP contribution is -2.45. The molecule has 0 saturated carbocycles. The molecule has 1 heterocycles. The summed E-state index contributed by atoms with van der Waals surface area (Å²) in [7, 11) is 3.27. The van der Waals surface area contributed by atoms with Gasteiger partial charge in [0, 0.05) is 38.0 Å². The average molecular weight is 353 g/mol. The highest BCUT2D eigenvalue weighted by Crippen LogP contribution is 2.24. The number of benzene rings is 1. The van der Waals surface area contributed by atoms with Crippen LogP contribution in [0.3, 0.4) is 0 Å². The number of ether oxygens (including phenoxy) is 1. The van der Waals surface area contributed by atoms with Crippen LogP contribution in [0, 0.1) is 10.1 Å². The zero-order chi connectivity index (χ0) is 17.9. The highest BCUT2D eigenvalue weighted by Gasteiger charge is 2.39. The number of likely N-dealkylation sites (N-methyl/N-ethyl adjacent to an activating group) is 1. The first-order valence-electron chi connectivity index (χ1n) is 7.35. The Bertz CT molecular complexity index is 635. The molecule has 0 spiro atoms. The Morgan fingerprint density at radius 3 is 2.54 bits per heavy atom. The monoisotopic (exact) mass is 353 g/mol.